The number of nitrogens with zero attached hydrogens (tertiary/aromatic N) is 1. The number of terminal acetylenes is 1. The second-order valence-electron chi connectivity index (χ2n) is 5.82. The highest BCUT2D eigenvalue weighted by Crippen LogP contribution is 2.16. The third kappa shape index (κ3) is 7.10. The minimum atomic E-state index is -0.446. The van der Waals surface area contributed by atoms with Crippen LogP contribution in [0.5, 0.6) is 0 Å². The highest BCUT2D eigenvalue weighted by Gasteiger charge is 2.24. The molecule has 150 valence electrons. The van der Waals surface area contributed by atoms with Gasteiger partial charge in [-0.1, -0.05) is 36.1 Å². The number of pyridine rings is 1. The number of benzene rings is 2. The van der Waals surface area contributed by atoms with Crippen LogP contribution in [-0.4, -0.2) is 17.7 Å². The van der Waals surface area contributed by atoms with Gasteiger partial charge in [0.25, 0.3) is 0 Å². The molecule has 1 atom stereocenters. The van der Waals surface area contributed by atoms with E-state index in [1.807, 2.05) is 0 Å². The maximum Gasteiger partial charge on any atom is 0.407 e. The van der Waals surface area contributed by atoms with Crippen molar-refractivity contribution >= 4 is 6.09 Å². The lowest BCUT2D eigenvalue weighted by Gasteiger charge is -2.06. The van der Waals surface area contributed by atoms with E-state index in [0.29, 0.717) is 11.3 Å². The maximum atomic E-state index is 13.1. The third-order valence-electron chi connectivity index (χ3n) is 3.72. The molecule has 4 rings (SSSR count). The van der Waals surface area contributed by atoms with Crippen molar-refractivity contribution in [1.82, 2.24) is 10.3 Å². The Balaban J connectivity index is 0.000000299. The predicted octanol–water partition coefficient (Wildman–Crippen LogP) is 4.48. The molecule has 1 amide bonds. The predicted molar refractivity (Wildman–Crippen MR) is 110 cm³/mol. The molecular formula is C24H18F2N2O2. The van der Waals surface area contributed by atoms with Gasteiger partial charge in [0, 0.05) is 17.3 Å². The Hall–Kier alpha value is -4.16. The number of nitrogens with one attached hydrogen (secondary N) is 1. The van der Waals surface area contributed by atoms with Crippen LogP contribution in [0.3, 0.4) is 0 Å². The summed E-state index contributed by atoms with van der Waals surface area (Å²) in [7, 11) is 0. The number of alkyl carbamates (subject to hydrolysis) is 1. The zero-order valence-corrected chi connectivity index (χ0v) is 15.9. The van der Waals surface area contributed by atoms with Crippen molar-refractivity contribution in [2.24, 2.45) is 0 Å². The zero-order chi connectivity index (χ0) is 21.8. The lowest BCUT2D eigenvalue weighted by atomic mass is 10.1. The smallest absolute Gasteiger partial charge is 0.407 e. The molecule has 2 aromatic carbocycles. The molecule has 0 aliphatic carbocycles. The van der Waals surface area contributed by atoms with Gasteiger partial charge in [-0.2, -0.15) is 0 Å². The molecule has 1 aromatic heterocycles. The summed E-state index contributed by atoms with van der Waals surface area (Å²) in [4.78, 5) is 15.2. The van der Waals surface area contributed by atoms with Crippen LogP contribution in [0.1, 0.15) is 22.9 Å². The van der Waals surface area contributed by atoms with Crippen molar-refractivity contribution in [3.8, 4) is 24.7 Å². The van der Waals surface area contributed by atoms with E-state index in [4.69, 9.17) is 4.74 Å². The zero-order valence-electron chi connectivity index (χ0n) is 15.9. The van der Waals surface area contributed by atoms with Gasteiger partial charge in [-0.15, -0.1) is 12.8 Å². The van der Waals surface area contributed by atoms with Crippen LogP contribution in [0.4, 0.5) is 13.6 Å². The second kappa shape index (κ2) is 11.6. The molecule has 1 fully saturated rings. The van der Waals surface area contributed by atoms with Gasteiger partial charge in [-0.3, -0.25) is 4.98 Å². The quantitative estimate of drug-likeness (QED) is 0.609. The first-order chi connectivity index (χ1) is 14.6. The van der Waals surface area contributed by atoms with Crippen molar-refractivity contribution < 1.29 is 18.3 Å². The average molecular weight is 404 g/mol. The molecule has 6 heteroatoms. The number of ether oxygens (including phenoxy) is 1. The van der Waals surface area contributed by atoms with E-state index in [-0.39, 0.29) is 24.3 Å². The highest BCUT2D eigenvalue weighted by molar-refractivity contribution is 5.69. The fraction of sp³-hybridized carbons (Fsp3) is 0.0833. The Morgan fingerprint density at radius 1 is 0.933 bits per heavy atom. The number of amides is 1. The van der Waals surface area contributed by atoms with E-state index < -0.39 is 6.09 Å². The average Bonchev–Trinajstić information content (AvgIpc) is 3.21. The fourth-order valence-corrected chi connectivity index (χ4v) is 2.39. The number of cyclic esters (lactones) is 1. The number of hydrogen-bond acceptors (Lipinski definition) is 3. The standard InChI is InChI=1S/C16H11FN2O2.C6H5F.C2H2/c17-13-3-1-2-11(8-13)4-5-12-6-7-18-14(9-12)15-10-21-16(20)19-15;7-6-4-2-1-3-5-6;1-2/h1-3,6-9,15H,10H2,(H,19,20);1-5H;1-2H/t15-;;/m0../s1. The molecule has 1 N–H and O–H groups in total. The number of halogens is 2. The minimum absolute atomic E-state index is 0.178. The Bertz CT molecular complexity index is 1060. The lowest BCUT2D eigenvalue weighted by Crippen LogP contribution is -2.19. The topological polar surface area (TPSA) is 51.2 Å². The first kappa shape index (κ1) is 22.1. The summed E-state index contributed by atoms with van der Waals surface area (Å²) in [6, 6.07) is 17.3. The summed E-state index contributed by atoms with van der Waals surface area (Å²) in [5.41, 5.74) is 2.03. The molecule has 0 radical (unpaired) electrons. The monoisotopic (exact) mass is 404 g/mol. The largest absolute Gasteiger partial charge is 0.447 e. The fourth-order valence-electron chi connectivity index (χ4n) is 2.39. The molecule has 0 spiro atoms. The summed E-state index contributed by atoms with van der Waals surface area (Å²) in [6.45, 7) is 0.257. The summed E-state index contributed by atoms with van der Waals surface area (Å²) < 4.78 is 29.8. The molecule has 1 aliphatic rings. The van der Waals surface area contributed by atoms with E-state index in [1.165, 1.54) is 24.3 Å². The molecule has 1 saturated heterocycles. The molecule has 1 aliphatic heterocycles. The molecule has 4 nitrogen and oxygen atoms in total. The van der Waals surface area contributed by atoms with Crippen LogP contribution < -0.4 is 5.32 Å². The molecule has 0 saturated carbocycles. The second-order valence-corrected chi connectivity index (χ2v) is 5.82. The SMILES string of the molecule is C#C.Fc1ccccc1.O=C1N[C@H](c2cc(C#Cc3cccc(F)c3)ccn2)CO1. The van der Waals surface area contributed by atoms with Crippen molar-refractivity contribution in [2.45, 2.75) is 6.04 Å². The van der Waals surface area contributed by atoms with Crippen LogP contribution in [0.15, 0.2) is 72.9 Å². The van der Waals surface area contributed by atoms with E-state index in [1.54, 1.807) is 48.7 Å². The molecule has 0 bridgehead atoms. The number of rotatable bonds is 1. The van der Waals surface area contributed by atoms with Gasteiger partial charge in [0.15, 0.2) is 0 Å². The molecule has 0 unspecified atom stereocenters. The third-order valence-corrected chi connectivity index (χ3v) is 3.72. The maximum absolute atomic E-state index is 13.1. The normalized spacial score (nSPS) is 13.7. The van der Waals surface area contributed by atoms with Gasteiger partial charge >= 0.3 is 6.09 Å². The van der Waals surface area contributed by atoms with Crippen LogP contribution in [0.2, 0.25) is 0 Å². The summed E-state index contributed by atoms with van der Waals surface area (Å²) in [5.74, 6) is 5.35. The van der Waals surface area contributed by atoms with Crippen molar-refractivity contribution in [3.05, 3.63) is 101 Å². The number of carbonyl (C=O) groups is 1. The van der Waals surface area contributed by atoms with Crippen molar-refractivity contribution in [2.75, 3.05) is 6.61 Å². The lowest BCUT2D eigenvalue weighted by molar-refractivity contribution is 0.177. The number of aromatic nitrogens is 1. The van der Waals surface area contributed by atoms with Gasteiger partial charge in [-0.05, 0) is 42.5 Å². The molecule has 2 heterocycles. The van der Waals surface area contributed by atoms with Crippen molar-refractivity contribution in [3.63, 3.8) is 0 Å². The van der Waals surface area contributed by atoms with Gasteiger partial charge in [-0.25, -0.2) is 13.6 Å². The molecule has 3 aromatic rings. The molecular weight excluding hydrogens is 386 g/mol. The van der Waals surface area contributed by atoms with Crippen LogP contribution in [-0.2, 0) is 4.74 Å². The Kier molecular flexibility index (Phi) is 8.58. The summed E-state index contributed by atoms with van der Waals surface area (Å²) >= 11 is 0. The van der Waals surface area contributed by atoms with Crippen LogP contribution >= 0.6 is 0 Å². The van der Waals surface area contributed by atoms with Crippen LogP contribution in [0.25, 0.3) is 0 Å². The van der Waals surface area contributed by atoms with Gasteiger partial charge in [0.2, 0.25) is 0 Å². The van der Waals surface area contributed by atoms with Gasteiger partial charge in [0.05, 0.1) is 5.69 Å². The highest BCUT2D eigenvalue weighted by atomic mass is 19.1. The number of carbonyl (C=O) groups excluding carboxylic acids is 1. The minimum Gasteiger partial charge on any atom is -0.447 e. The molecule has 30 heavy (non-hydrogen) atoms. The Labute approximate surface area is 173 Å². The Morgan fingerprint density at radius 3 is 2.17 bits per heavy atom. The van der Waals surface area contributed by atoms with Crippen LogP contribution in [0, 0.1) is 36.3 Å². The van der Waals surface area contributed by atoms with E-state index in [0.717, 1.165) is 5.56 Å². The first-order valence-electron chi connectivity index (χ1n) is 8.81. The number of hydrogen-bond donors (Lipinski definition) is 1. The Morgan fingerprint density at radius 2 is 1.60 bits per heavy atom. The van der Waals surface area contributed by atoms with Gasteiger partial charge < -0.3 is 10.1 Å². The summed E-state index contributed by atoms with van der Waals surface area (Å²) in [5, 5.41) is 2.66. The van der Waals surface area contributed by atoms with Crippen molar-refractivity contribution in [1.29, 1.82) is 0 Å². The van der Waals surface area contributed by atoms with E-state index in [9.17, 15) is 13.6 Å². The van der Waals surface area contributed by atoms with Gasteiger partial charge in [0.1, 0.15) is 24.3 Å². The first-order valence-corrected chi connectivity index (χ1v) is 8.81. The summed E-state index contributed by atoms with van der Waals surface area (Å²) in [6.07, 6.45) is 9.17. The van der Waals surface area contributed by atoms with E-state index in [2.05, 4.69) is 35.0 Å². The van der Waals surface area contributed by atoms with E-state index >= 15 is 0 Å².